The summed E-state index contributed by atoms with van der Waals surface area (Å²) in [6.45, 7) is 0.864. The van der Waals surface area contributed by atoms with Gasteiger partial charge >= 0.3 is 0 Å². The number of rotatable bonds is 3. The molecule has 2 aromatic rings. The van der Waals surface area contributed by atoms with Crippen LogP contribution in [0.3, 0.4) is 0 Å². The highest BCUT2D eigenvalue weighted by atomic mass is 32.1. The van der Waals surface area contributed by atoms with Gasteiger partial charge in [-0.1, -0.05) is 23.5 Å². The standard InChI is InChI=1S/C15H15FN4O2S/c16-12-4-2-1-3-11(12)14(22)20-7-5-10(6-8-20)13(21)18-15-19-17-9-23-15/h1-4,9-10H,5-8H2,(H,18,19,21). The van der Waals surface area contributed by atoms with E-state index in [2.05, 4.69) is 15.5 Å². The minimum Gasteiger partial charge on any atom is -0.339 e. The fourth-order valence-corrected chi connectivity index (χ4v) is 3.03. The summed E-state index contributed by atoms with van der Waals surface area (Å²) in [6, 6.07) is 5.94. The second-order valence-electron chi connectivity index (χ2n) is 5.28. The summed E-state index contributed by atoms with van der Waals surface area (Å²) in [7, 11) is 0. The van der Waals surface area contributed by atoms with E-state index in [0.717, 1.165) is 0 Å². The van der Waals surface area contributed by atoms with Crippen molar-refractivity contribution in [1.29, 1.82) is 0 Å². The molecule has 0 atom stereocenters. The average Bonchev–Trinajstić information content (AvgIpc) is 3.08. The summed E-state index contributed by atoms with van der Waals surface area (Å²) >= 11 is 1.26. The lowest BCUT2D eigenvalue weighted by atomic mass is 9.95. The number of carbonyl (C=O) groups is 2. The highest BCUT2D eigenvalue weighted by Gasteiger charge is 2.29. The van der Waals surface area contributed by atoms with E-state index in [1.165, 1.54) is 23.5 Å². The van der Waals surface area contributed by atoms with Crippen LogP contribution in [0.2, 0.25) is 0 Å². The van der Waals surface area contributed by atoms with Crippen molar-refractivity contribution in [3.05, 3.63) is 41.2 Å². The Kier molecular flexibility index (Phi) is 4.61. The van der Waals surface area contributed by atoms with E-state index in [9.17, 15) is 14.0 Å². The fraction of sp³-hybridized carbons (Fsp3) is 0.333. The van der Waals surface area contributed by atoms with Crippen molar-refractivity contribution in [2.24, 2.45) is 5.92 Å². The summed E-state index contributed by atoms with van der Waals surface area (Å²) in [5, 5.41) is 10.6. The SMILES string of the molecule is O=C(Nc1nncs1)C1CCN(C(=O)c2ccccc2F)CC1. The van der Waals surface area contributed by atoms with Crippen LogP contribution in [0.1, 0.15) is 23.2 Å². The first kappa shape index (κ1) is 15.5. The van der Waals surface area contributed by atoms with E-state index in [0.29, 0.717) is 31.1 Å². The van der Waals surface area contributed by atoms with Gasteiger partial charge in [-0.2, -0.15) is 0 Å². The van der Waals surface area contributed by atoms with Gasteiger partial charge in [-0.3, -0.25) is 9.59 Å². The number of likely N-dealkylation sites (tertiary alicyclic amines) is 1. The Morgan fingerprint density at radius 1 is 1.26 bits per heavy atom. The molecule has 2 heterocycles. The Labute approximate surface area is 136 Å². The quantitative estimate of drug-likeness (QED) is 0.933. The molecule has 0 bridgehead atoms. The highest BCUT2D eigenvalue weighted by Crippen LogP contribution is 2.22. The molecule has 0 aliphatic carbocycles. The molecule has 0 spiro atoms. The Balaban J connectivity index is 1.57. The first-order valence-electron chi connectivity index (χ1n) is 7.26. The first-order valence-corrected chi connectivity index (χ1v) is 8.14. The predicted octanol–water partition coefficient (Wildman–Crippen LogP) is 2.17. The lowest BCUT2D eigenvalue weighted by Crippen LogP contribution is -2.41. The molecule has 6 nitrogen and oxygen atoms in total. The van der Waals surface area contributed by atoms with Crippen LogP contribution in [0.4, 0.5) is 9.52 Å². The lowest BCUT2D eigenvalue weighted by Gasteiger charge is -2.31. The van der Waals surface area contributed by atoms with Crippen LogP contribution in [0.25, 0.3) is 0 Å². The Hall–Kier alpha value is -2.35. The molecule has 120 valence electrons. The van der Waals surface area contributed by atoms with Crippen molar-refractivity contribution in [1.82, 2.24) is 15.1 Å². The van der Waals surface area contributed by atoms with Gasteiger partial charge in [0.25, 0.3) is 5.91 Å². The van der Waals surface area contributed by atoms with E-state index in [4.69, 9.17) is 0 Å². The van der Waals surface area contributed by atoms with Crippen LogP contribution in [-0.4, -0.2) is 40.0 Å². The number of carbonyl (C=O) groups excluding carboxylic acids is 2. The third kappa shape index (κ3) is 3.53. The number of anilines is 1. The zero-order valence-corrected chi connectivity index (χ0v) is 13.1. The van der Waals surface area contributed by atoms with Gasteiger partial charge in [-0.05, 0) is 25.0 Å². The van der Waals surface area contributed by atoms with Crippen LogP contribution < -0.4 is 5.32 Å². The number of nitrogens with zero attached hydrogens (tertiary/aromatic N) is 3. The maximum absolute atomic E-state index is 13.7. The third-order valence-corrected chi connectivity index (χ3v) is 4.45. The van der Waals surface area contributed by atoms with Crippen molar-refractivity contribution < 1.29 is 14.0 Å². The average molecular weight is 334 g/mol. The zero-order chi connectivity index (χ0) is 16.2. The van der Waals surface area contributed by atoms with E-state index in [1.807, 2.05) is 0 Å². The number of piperidine rings is 1. The van der Waals surface area contributed by atoms with Crippen LogP contribution in [0.5, 0.6) is 0 Å². The summed E-state index contributed by atoms with van der Waals surface area (Å²) in [6.07, 6.45) is 1.09. The van der Waals surface area contributed by atoms with E-state index >= 15 is 0 Å². The molecule has 3 rings (SSSR count). The number of amides is 2. The number of hydrogen-bond acceptors (Lipinski definition) is 5. The Morgan fingerprint density at radius 2 is 2.00 bits per heavy atom. The van der Waals surface area contributed by atoms with Gasteiger partial charge in [0.05, 0.1) is 5.56 Å². The molecule has 1 aromatic heterocycles. The Morgan fingerprint density at radius 3 is 2.65 bits per heavy atom. The van der Waals surface area contributed by atoms with E-state index in [1.54, 1.807) is 22.5 Å². The molecule has 1 aromatic carbocycles. The molecular formula is C15H15FN4O2S. The van der Waals surface area contributed by atoms with E-state index in [-0.39, 0.29) is 23.3 Å². The van der Waals surface area contributed by atoms with Gasteiger partial charge in [0.2, 0.25) is 11.0 Å². The Bertz CT molecular complexity index is 699. The molecule has 1 aliphatic rings. The van der Waals surface area contributed by atoms with Gasteiger partial charge in [0, 0.05) is 19.0 Å². The monoisotopic (exact) mass is 334 g/mol. The van der Waals surface area contributed by atoms with Crippen molar-refractivity contribution in [2.45, 2.75) is 12.8 Å². The number of hydrogen-bond donors (Lipinski definition) is 1. The molecule has 0 saturated carbocycles. The van der Waals surface area contributed by atoms with Crippen molar-refractivity contribution >= 4 is 28.3 Å². The lowest BCUT2D eigenvalue weighted by molar-refractivity contribution is -0.121. The highest BCUT2D eigenvalue weighted by molar-refractivity contribution is 7.13. The number of nitrogens with one attached hydrogen (secondary N) is 1. The minimum absolute atomic E-state index is 0.0734. The molecule has 1 N–H and O–H groups in total. The fourth-order valence-electron chi connectivity index (χ4n) is 2.58. The van der Waals surface area contributed by atoms with Gasteiger partial charge in [0.1, 0.15) is 11.3 Å². The molecule has 0 radical (unpaired) electrons. The molecule has 1 saturated heterocycles. The van der Waals surface area contributed by atoms with Crippen LogP contribution >= 0.6 is 11.3 Å². The summed E-state index contributed by atoms with van der Waals surface area (Å²) in [4.78, 5) is 26.0. The molecule has 1 aliphatic heterocycles. The normalized spacial score (nSPS) is 15.4. The molecule has 23 heavy (non-hydrogen) atoms. The van der Waals surface area contributed by atoms with Crippen LogP contribution in [-0.2, 0) is 4.79 Å². The molecule has 2 amide bonds. The predicted molar refractivity (Wildman–Crippen MR) is 83.6 cm³/mol. The molecular weight excluding hydrogens is 319 g/mol. The molecule has 1 fully saturated rings. The van der Waals surface area contributed by atoms with Crippen LogP contribution in [0.15, 0.2) is 29.8 Å². The summed E-state index contributed by atoms with van der Waals surface area (Å²) < 4.78 is 13.7. The first-order chi connectivity index (χ1) is 11.1. The number of halogens is 1. The topological polar surface area (TPSA) is 75.2 Å². The van der Waals surface area contributed by atoms with Gasteiger partial charge in [-0.25, -0.2) is 4.39 Å². The van der Waals surface area contributed by atoms with Crippen LogP contribution in [0, 0.1) is 11.7 Å². The second-order valence-corrected chi connectivity index (χ2v) is 6.11. The molecule has 8 heteroatoms. The van der Waals surface area contributed by atoms with Gasteiger partial charge < -0.3 is 10.2 Å². The zero-order valence-electron chi connectivity index (χ0n) is 12.2. The second kappa shape index (κ2) is 6.82. The van der Waals surface area contributed by atoms with E-state index < -0.39 is 5.82 Å². The maximum Gasteiger partial charge on any atom is 0.256 e. The van der Waals surface area contributed by atoms with Crippen molar-refractivity contribution in [2.75, 3.05) is 18.4 Å². The number of benzene rings is 1. The number of aromatic nitrogens is 2. The van der Waals surface area contributed by atoms with Gasteiger partial charge in [-0.15, -0.1) is 10.2 Å². The van der Waals surface area contributed by atoms with Crippen molar-refractivity contribution in [3.63, 3.8) is 0 Å². The van der Waals surface area contributed by atoms with Crippen molar-refractivity contribution in [3.8, 4) is 0 Å². The maximum atomic E-state index is 13.7. The summed E-state index contributed by atoms with van der Waals surface area (Å²) in [5.41, 5.74) is 1.62. The van der Waals surface area contributed by atoms with Gasteiger partial charge in [0.15, 0.2) is 0 Å². The minimum atomic E-state index is -0.520. The smallest absolute Gasteiger partial charge is 0.256 e. The summed E-state index contributed by atoms with van der Waals surface area (Å²) in [5.74, 6) is -1.14. The third-order valence-electron chi connectivity index (χ3n) is 3.85. The largest absolute Gasteiger partial charge is 0.339 e. The molecule has 0 unspecified atom stereocenters.